The van der Waals surface area contributed by atoms with Gasteiger partial charge in [-0.25, -0.2) is 17.5 Å². The summed E-state index contributed by atoms with van der Waals surface area (Å²) in [5, 5.41) is 9.74. The molecule has 1 aliphatic carbocycles. The standard InChI is InChI=1S/C23H19Cl2NO4S/c24-20-11-15(10-14-4-5-14)12-21(25)22(20)26(31(29)30)19-8-6-16(7-9-19)17-2-1-3-18(13-17)23(27)28/h1-3,6-9,11-14,31H,4-5,10H2,(H,27,28). The van der Waals surface area contributed by atoms with Crippen LogP contribution in [0.4, 0.5) is 11.4 Å². The monoisotopic (exact) mass is 475 g/mol. The van der Waals surface area contributed by atoms with Crippen molar-refractivity contribution < 1.29 is 18.3 Å². The second-order valence-corrected chi connectivity index (χ2v) is 9.23. The van der Waals surface area contributed by atoms with Crippen LogP contribution in [-0.4, -0.2) is 19.5 Å². The van der Waals surface area contributed by atoms with Gasteiger partial charge in [0.05, 0.1) is 27.0 Å². The first kappa shape index (κ1) is 21.7. The first-order valence-electron chi connectivity index (χ1n) is 9.69. The van der Waals surface area contributed by atoms with Crippen molar-refractivity contribution in [2.45, 2.75) is 19.3 Å². The van der Waals surface area contributed by atoms with E-state index in [9.17, 15) is 18.3 Å². The minimum atomic E-state index is -3.05. The zero-order chi connectivity index (χ0) is 22.1. The van der Waals surface area contributed by atoms with Crippen molar-refractivity contribution in [3.63, 3.8) is 0 Å². The molecule has 31 heavy (non-hydrogen) atoms. The molecule has 3 aromatic rings. The molecule has 5 nitrogen and oxygen atoms in total. The van der Waals surface area contributed by atoms with Crippen LogP contribution in [0.1, 0.15) is 28.8 Å². The number of carboxylic acid groups (broad SMARTS) is 1. The molecule has 4 rings (SSSR count). The van der Waals surface area contributed by atoms with Crippen LogP contribution in [0.5, 0.6) is 0 Å². The highest BCUT2D eigenvalue weighted by Gasteiger charge is 2.24. The Morgan fingerprint density at radius 1 is 0.968 bits per heavy atom. The van der Waals surface area contributed by atoms with Gasteiger partial charge in [-0.15, -0.1) is 0 Å². The number of carbonyl (C=O) groups is 1. The van der Waals surface area contributed by atoms with Crippen LogP contribution in [0.15, 0.2) is 60.7 Å². The molecule has 0 amide bonds. The fourth-order valence-electron chi connectivity index (χ4n) is 3.53. The van der Waals surface area contributed by atoms with Crippen molar-refractivity contribution >= 4 is 51.4 Å². The SMILES string of the molecule is O=C(O)c1cccc(-c2ccc(N(c3c(Cl)cc(CC4CC4)cc3Cl)[SH](=O)=O)cc2)c1. The lowest BCUT2D eigenvalue weighted by atomic mass is 10.0. The number of carboxylic acids is 1. The van der Waals surface area contributed by atoms with Crippen LogP contribution in [0, 0.1) is 5.92 Å². The number of thiol groups is 1. The van der Waals surface area contributed by atoms with Gasteiger partial charge in [-0.1, -0.05) is 47.5 Å². The van der Waals surface area contributed by atoms with Gasteiger partial charge in [0.25, 0.3) is 0 Å². The Hall–Kier alpha value is -2.54. The van der Waals surface area contributed by atoms with E-state index < -0.39 is 16.9 Å². The lowest BCUT2D eigenvalue weighted by Crippen LogP contribution is -2.15. The van der Waals surface area contributed by atoms with Crippen LogP contribution in [0.25, 0.3) is 11.1 Å². The number of nitrogens with zero attached hydrogens (tertiary/aromatic N) is 1. The maximum Gasteiger partial charge on any atom is 0.335 e. The molecule has 0 saturated heterocycles. The minimum absolute atomic E-state index is 0.177. The molecule has 160 valence electrons. The van der Waals surface area contributed by atoms with E-state index in [1.807, 2.05) is 0 Å². The molecule has 1 fully saturated rings. The van der Waals surface area contributed by atoms with E-state index in [0.717, 1.165) is 21.9 Å². The Balaban J connectivity index is 1.68. The van der Waals surface area contributed by atoms with Crippen LogP contribution >= 0.6 is 23.2 Å². The molecule has 0 bridgehead atoms. The third kappa shape index (κ3) is 4.87. The summed E-state index contributed by atoms with van der Waals surface area (Å²) < 4.78 is 25.4. The molecule has 1 N–H and O–H groups in total. The molecule has 1 saturated carbocycles. The first-order chi connectivity index (χ1) is 14.8. The van der Waals surface area contributed by atoms with E-state index in [-0.39, 0.29) is 21.3 Å². The highest BCUT2D eigenvalue weighted by Crippen LogP contribution is 2.41. The number of rotatable bonds is 7. The molecular formula is C23H19Cl2NO4S. The largest absolute Gasteiger partial charge is 0.478 e. The third-order valence-electron chi connectivity index (χ3n) is 5.23. The number of benzene rings is 3. The van der Waals surface area contributed by atoms with E-state index in [0.29, 0.717) is 17.2 Å². The van der Waals surface area contributed by atoms with E-state index in [1.54, 1.807) is 54.6 Å². The van der Waals surface area contributed by atoms with Gasteiger partial charge in [0.15, 0.2) is 0 Å². The zero-order valence-corrected chi connectivity index (χ0v) is 18.7. The summed E-state index contributed by atoms with van der Waals surface area (Å²) in [4.78, 5) is 11.2. The lowest BCUT2D eigenvalue weighted by Gasteiger charge is -2.21. The fourth-order valence-corrected chi connectivity index (χ4v) is 5.05. The van der Waals surface area contributed by atoms with Gasteiger partial charge in [-0.2, -0.15) is 0 Å². The molecule has 0 spiro atoms. The molecule has 0 heterocycles. The van der Waals surface area contributed by atoms with Gasteiger partial charge in [0, 0.05) is 0 Å². The average Bonchev–Trinajstić information content (AvgIpc) is 3.54. The van der Waals surface area contributed by atoms with Crippen LogP contribution in [-0.2, 0) is 17.3 Å². The van der Waals surface area contributed by atoms with Gasteiger partial charge >= 0.3 is 5.97 Å². The Morgan fingerprint density at radius 3 is 2.16 bits per heavy atom. The molecular weight excluding hydrogens is 457 g/mol. The minimum Gasteiger partial charge on any atom is -0.478 e. The van der Waals surface area contributed by atoms with Crippen molar-refractivity contribution in [3.8, 4) is 11.1 Å². The van der Waals surface area contributed by atoms with Crippen LogP contribution in [0.3, 0.4) is 0 Å². The predicted molar refractivity (Wildman–Crippen MR) is 124 cm³/mol. The lowest BCUT2D eigenvalue weighted by molar-refractivity contribution is 0.0697. The van der Waals surface area contributed by atoms with Crippen molar-refractivity contribution in [1.82, 2.24) is 0 Å². The highest BCUT2D eigenvalue weighted by molar-refractivity contribution is 7.74. The number of anilines is 2. The molecule has 0 radical (unpaired) electrons. The van der Waals surface area contributed by atoms with Crippen LogP contribution in [0.2, 0.25) is 10.0 Å². The Bertz CT molecular complexity index is 1190. The molecule has 0 atom stereocenters. The smallest absolute Gasteiger partial charge is 0.335 e. The number of aromatic carboxylic acids is 1. The van der Waals surface area contributed by atoms with Gasteiger partial charge in [0.1, 0.15) is 0 Å². The van der Waals surface area contributed by atoms with Crippen molar-refractivity contribution in [2.24, 2.45) is 5.92 Å². The third-order valence-corrected chi connectivity index (χ3v) is 6.56. The average molecular weight is 476 g/mol. The molecule has 3 aromatic carbocycles. The number of hydrogen-bond acceptors (Lipinski definition) is 3. The molecule has 0 aliphatic heterocycles. The molecule has 0 aromatic heterocycles. The summed E-state index contributed by atoms with van der Waals surface area (Å²) >= 11 is 12.9. The van der Waals surface area contributed by atoms with Gasteiger partial charge in [0.2, 0.25) is 10.9 Å². The van der Waals surface area contributed by atoms with Crippen molar-refractivity contribution in [3.05, 3.63) is 81.8 Å². The van der Waals surface area contributed by atoms with Gasteiger partial charge in [-0.3, -0.25) is 0 Å². The predicted octanol–water partition coefficient (Wildman–Crippen LogP) is 5.98. The molecule has 0 unspecified atom stereocenters. The van der Waals surface area contributed by atoms with Crippen molar-refractivity contribution in [1.29, 1.82) is 0 Å². The zero-order valence-electron chi connectivity index (χ0n) is 16.3. The number of hydrogen-bond donors (Lipinski definition) is 2. The summed E-state index contributed by atoms with van der Waals surface area (Å²) in [6.07, 6.45) is 3.27. The van der Waals surface area contributed by atoms with E-state index in [1.165, 1.54) is 18.9 Å². The second-order valence-electron chi connectivity index (χ2n) is 7.54. The first-order valence-corrected chi connectivity index (χ1v) is 11.6. The normalized spacial score (nSPS) is 13.4. The summed E-state index contributed by atoms with van der Waals surface area (Å²) in [6, 6.07) is 16.8. The molecule has 8 heteroatoms. The Kier molecular flexibility index (Phi) is 6.23. The summed E-state index contributed by atoms with van der Waals surface area (Å²) in [6.45, 7) is 0. The topological polar surface area (TPSA) is 74.7 Å². The van der Waals surface area contributed by atoms with E-state index >= 15 is 0 Å². The molecule has 1 aliphatic rings. The highest BCUT2D eigenvalue weighted by atomic mass is 35.5. The maximum atomic E-state index is 12.1. The van der Waals surface area contributed by atoms with Crippen LogP contribution < -0.4 is 4.31 Å². The second kappa shape index (κ2) is 8.91. The van der Waals surface area contributed by atoms with Gasteiger partial charge in [-0.05, 0) is 78.3 Å². The maximum absolute atomic E-state index is 12.1. The van der Waals surface area contributed by atoms with E-state index in [4.69, 9.17) is 23.2 Å². The Morgan fingerprint density at radius 2 is 1.61 bits per heavy atom. The summed E-state index contributed by atoms with van der Waals surface area (Å²) in [7, 11) is -3.05. The summed E-state index contributed by atoms with van der Waals surface area (Å²) in [5.74, 6) is -0.361. The van der Waals surface area contributed by atoms with Gasteiger partial charge < -0.3 is 5.11 Å². The van der Waals surface area contributed by atoms with Crippen molar-refractivity contribution in [2.75, 3.05) is 4.31 Å². The van der Waals surface area contributed by atoms with E-state index in [2.05, 4.69) is 0 Å². The summed E-state index contributed by atoms with van der Waals surface area (Å²) in [5.41, 5.74) is 3.24. The Labute approximate surface area is 191 Å². The quantitative estimate of drug-likeness (QED) is 0.412. The fraction of sp³-hybridized carbons (Fsp3) is 0.174. The number of halogens is 2.